The number of fused-ring (bicyclic) bond motifs is 3. The van der Waals surface area contributed by atoms with Gasteiger partial charge in [0.1, 0.15) is 0 Å². The Morgan fingerprint density at radius 2 is 1.90 bits per heavy atom. The van der Waals surface area contributed by atoms with Crippen molar-refractivity contribution in [2.45, 2.75) is 18.5 Å². The highest BCUT2D eigenvalue weighted by atomic mass is 32.2. The molecule has 31 heavy (non-hydrogen) atoms. The zero-order chi connectivity index (χ0) is 21.2. The van der Waals surface area contributed by atoms with Gasteiger partial charge in [-0.25, -0.2) is 4.98 Å². The summed E-state index contributed by atoms with van der Waals surface area (Å²) in [7, 11) is 0. The summed E-state index contributed by atoms with van der Waals surface area (Å²) in [5, 5.41) is 13.1. The highest BCUT2D eigenvalue weighted by molar-refractivity contribution is 7.99. The Morgan fingerprint density at radius 3 is 2.68 bits per heavy atom. The molecule has 1 amide bonds. The first-order chi connectivity index (χ1) is 15.2. The summed E-state index contributed by atoms with van der Waals surface area (Å²) in [5.74, 6) is 1.29. The summed E-state index contributed by atoms with van der Waals surface area (Å²) in [6, 6.07) is 19.3. The number of anilines is 1. The van der Waals surface area contributed by atoms with Gasteiger partial charge in [-0.15, -0.1) is 10.2 Å². The first-order valence-electron chi connectivity index (χ1n) is 9.92. The predicted octanol–water partition coefficient (Wildman–Crippen LogP) is 4.83. The van der Waals surface area contributed by atoms with E-state index in [0.717, 1.165) is 23.0 Å². The molecule has 0 unspecified atom stereocenters. The van der Waals surface area contributed by atoms with Crippen LogP contribution in [0, 0.1) is 0 Å². The molecule has 5 aromatic rings. The Bertz CT molecular complexity index is 1360. The van der Waals surface area contributed by atoms with Crippen molar-refractivity contribution in [1.82, 2.24) is 19.6 Å². The molecule has 3 aromatic heterocycles. The third-order valence-electron chi connectivity index (χ3n) is 4.94. The minimum absolute atomic E-state index is 0.112. The number of nitrogens with zero attached hydrogens (tertiary/aromatic N) is 4. The summed E-state index contributed by atoms with van der Waals surface area (Å²) in [5.41, 5.74) is 3.49. The molecule has 2 aromatic carbocycles. The van der Waals surface area contributed by atoms with Crippen molar-refractivity contribution < 1.29 is 9.21 Å². The molecule has 0 fully saturated rings. The third kappa shape index (κ3) is 3.77. The lowest BCUT2D eigenvalue weighted by molar-refractivity contribution is -0.113. The van der Waals surface area contributed by atoms with E-state index in [1.807, 2.05) is 65.1 Å². The molecule has 5 rings (SSSR count). The van der Waals surface area contributed by atoms with E-state index in [4.69, 9.17) is 9.40 Å². The van der Waals surface area contributed by atoms with E-state index in [0.29, 0.717) is 22.4 Å². The smallest absolute Gasteiger partial charge is 0.234 e. The van der Waals surface area contributed by atoms with Crippen molar-refractivity contribution in [2.75, 3.05) is 11.1 Å². The molecule has 0 aliphatic carbocycles. The normalized spacial score (nSPS) is 11.3. The van der Waals surface area contributed by atoms with Crippen LogP contribution in [-0.2, 0) is 11.2 Å². The van der Waals surface area contributed by atoms with E-state index < -0.39 is 0 Å². The molecule has 0 atom stereocenters. The number of hydrogen-bond donors (Lipinski definition) is 1. The van der Waals surface area contributed by atoms with Crippen molar-refractivity contribution in [3.05, 3.63) is 72.5 Å². The average molecular weight is 430 g/mol. The van der Waals surface area contributed by atoms with E-state index in [1.165, 1.54) is 17.3 Å². The minimum Gasteiger partial charge on any atom is -0.461 e. The number of amides is 1. The molecule has 154 valence electrons. The van der Waals surface area contributed by atoms with E-state index in [1.54, 1.807) is 6.26 Å². The highest BCUT2D eigenvalue weighted by Gasteiger charge is 2.19. The number of nitrogens with one attached hydrogen (secondary N) is 1. The Morgan fingerprint density at radius 1 is 1.06 bits per heavy atom. The first kappa shape index (κ1) is 19.3. The van der Waals surface area contributed by atoms with Gasteiger partial charge in [0.25, 0.3) is 0 Å². The van der Waals surface area contributed by atoms with Gasteiger partial charge in [-0.3, -0.25) is 9.20 Å². The maximum absolute atomic E-state index is 12.5. The lowest BCUT2D eigenvalue weighted by Crippen LogP contribution is -2.14. The van der Waals surface area contributed by atoms with Crippen LogP contribution in [-0.4, -0.2) is 31.2 Å². The molecule has 0 spiro atoms. The minimum atomic E-state index is -0.112. The van der Waals surface area contributed by atoms with Crippen LogP contribution < -0.4 is 5.32 Å². The van der Waals surface area contributed by atoms with Crippen molar-refractivity contribution in [3.8, 4) is 11.6 Å². The van der Waals surface area contributed by atoms with Crippen molar-refractivity contribution >= 4 is 39.9 Å². The van der Waals surface area contributed by atoms with Gasteiger partial charge in [-0.05, 0) is 48.4 Å². The number of aromatic nitrogens is 4. The average Bonchev–Trinajstić information content (AvgIpc) is 3.48. The molecule has 0 radical (unpaired) electrons. The van der Waals surface area contributed by atoms with Gasteiger partial charge in [0, 0.05) is 11.1 Å². The maximum Gasteiger partial charge on any atom is 0.234 e. The number of benzene rings is 2. The molecule has 0 saturated heterocycles. The molecular formula is C23H19N5O2S. The summed E-state index contributed by atoms with van der Waals surface area (Å²) in [6.07, 6.45) is 2.57. The second kappa shape index (κ2) is 8.23. The van der Waals surface area contributed by atoms with Crippen LogP contribution in [0.3, 0.4) is 0 Å². The monoisotopic (exact) mass is 429 g/mol. The van der Waals surface area contributed by atoms with Crippen LogP contribution in [0.25, 0.3) is 28.1 Å². The predicted molar refractivity (Wildman–Crippen MR) is 121 cm³/mol. The number of aryl methyl sites for hydroxylation is 1. The fraction of sp³-hybridized carbons (Fsp3) is 0.130. The van der Waals surface area contributed by atoms with E-state index in [-0.39, 0.29) is 11.7 Å². The second-order valence-corrected chi connectivity index (χ2v) is 7.90. The highest BCUT2D eigenvalue weighted by Crippen LogP contribution is 2.29. The molecular weight excluding hydrogens is 410 g/mol. The number of para-hydroxylation sites is 1. The van der Waals surface area contributed by atoms with Gasteiger partial charge in [0.2, 0.25) is 5.91 Å². The molecule has 7 nitrogen and oxygen atoms in total. The molecule has 0 aliphatic rings. The number of furan rings is 1. The lowest BCUT2D eigenvalue weighted by Gasteiger charge is -2.08. The van der Waals surface area contributed by atoms with Gasteiger partial charge in [0.05, 0.1) is 17.5 Å². The summed E-state index contributed by atoms with van der Waals surface area (Å²) in [6.45, 7) is 2.10. The van der Waals surface area contributed by atoms with Crippen LogP contribution in [0.4, 0.5) is 5.69 Å². The Balaban J connectivity index is 1.44. The standard InChI is InChI=1S/C23H19N5O2S/c1-2-15-9-11-16(12-10-15)24-20(29)14-31-23-27-26-21-17-6-3-4-7-18(17)25-22(28(21)23)19-8-5-13-30-19/h3-13H,2,14H2,1H3,(H,24,29). The van der Waals surface area contributed by atoms with Gasteiger partial charge in [-0.2, -0.15) is 0 Å². The molecule has 0 bridgehead atoms. The first-order valence-corrected chi connectivity index (χ1v) is 10.9. The Labute approximate surface area is 182 Å². The van der Waals surface area contributed by atoms with Crippen molar-refractivity contribution in [2.24, 2.45) is 0 Å². The van der Waals surface area contributed by atoms with Crippen molar-refractivity contribution in [1.29, 1.82) is 0 Å². The molecule has 3 heterocycles. The van der Waals surface area contributed by atoms with E-state index in [9.17, 15) is 4.79 Å². The number of rotatable bonds is 6. The largest absolute Gasteiger partial charge is 0.461 e. The topological polar surface area (TPSA) is 85.3 Å². The summed E-state index contributed by atoms with van der Waals surface area (Å²) >= 11 is 1.31. The number of thioether (sulfide) groups is 1. The van der Waals surface area contributed by atoms with E-state index >= 15 is 0 Å². The summed E-state index contributed by atoms with van der Waals surface area (Å²) < 4.78 is 7.44. The maximum atomic E-state index is 12.5. The Kier molecular flexibility index (Phi) is 5.13. The third-order valence-corrected chi connectivity index (χ3v) is 5.87. The SMILES string of the molecule is CCc1ccc(NC(=O)CSc2nnc3c4ccccc4nc(-c4ccco4)n23)cc1. The Hall–Kier alpha value is -3.65. The molecule has 0 aliphatic heterocycles. The van der Waals surface area contributed by atoms with E-state index in [2.05, 4.69) is 22.4 Å². The second-order valence-electron chi connectivity index (χ2n) is 6.96. The van der Waals surface area contributed by atoms with Crippen LogP contribution in [0.2, 0.25) is 0 Å². The van der Waals surface area contributed by atoms with Gasteiger partial charge >= 0.3 is 0 Å². The fourth-order valence-electron chi connectivity index (χ4n) is 3.38. The molecule has 1 N–H and O–H groups in total. The summed E-state index contributed by atoms with van der Waals surface area (Å²) in [4.78, 5) is 17.3. The van der Waals surface area contributed by atoms with Crippen LogP contribution in [0.1, 0.15) is 12.5 Å². The number of carbonyl (C=O) groups is 1. The number of carbonyl (C=O) groups excluding carboxylic acids is 1. The van der Waals surface area contributed by atoms with Gasteiger partial charge in [0.15, 0.2) is 22.4 Å². The molecule has 8 heteroatoms. The van der Waals surface area contributed by atoms with Crippen molar-refractivity contribution in [3.63, 3.8) is 0 Å². The fourth-order valence-corrected chi connectivity index (χ4v) is 4.11. The van der Waals surface area contributed by atoms with Crippen LogP contribution in [0.15, 0.2) is 76.5 Å². The van der Waals surface area contributed by atoms with Crippen LogP contribution >= 0.6 is 11.8 Å². The zero-order valence-corrected chi connectivity index (χ0v) is 17.6. The number of hydrogen-bond acceptors (Lipinski definition) is 6. The molecule has 0 saturated carbocycles. The lowest BCUT2D eigenvalue weighted by atomic mass is 10.1. The van der Waals surface area contributed by atoms with Gasteiger partial charge < -0.3 is 9.73 Å². The quantitative estimate of drug-likeness (QED) is 0.389. The van der Waals surface area contributed by atoms with Crippen LogP contribution in [0.5, 0.6) is 0 Å². The zero-order valence-electron chi connectivity index (χ0n) is 16.8. The van der Waals surface area contributed by atoms with Gasteiger partial charge in [-0.1, -0.05) is 43.0 Å².